The van der Waals surface area contributed by atoms with Gasteiger partial charge in [-0.1, -0.05) is 29.4 Å². The van der Waals surface area contributed by atoms with Crippen molar-refractivity contribution in [2.45, 2.75) is 37.0 Å². The van der Waals surface area contributed by atoms with Crippen molar-refractivity contribution in [3.05, 3.63) is 69.9 Å². The Balaban J connectivity index is 1.37. The number of halogens is 1. The standard InChI is InChI=1S/C24H23ClN6O2S2/c1-15-11-30(12-16(2)33-15)23(32)20-13-34-21(27-20)14-35-24-29-28-22(17-6-8-26-9-7-17)31(24)19-5-3-4-18(25)10-19/h3-10,13,15-16H,11-12,14H2,1-2H3. The summed E-state index contributed by atoms with van der Waals surface area (Å²) >= 11 is 9.26. The molecule has 1 aromatic carbocycles. The number of carbonyl (C=O) groups excluding carboxylic acids is 1. The Morgan fingerprint density at radius 2 is 1.94 bits per heavy atom. The Labute approximate surface area is 216 Å². The van der Waals surface area contributed by atoms with Gasteiger partial charge in [-0.05, 0) is 44.2 Å². The summed E-state index contributed by atoms with van der Waals surface area (Å²) < 4.78 is 7.72. The molecule has 0 N–H and O–H groups in total. The van der Waals surface area contributed by atoms with Crippen molar-refractivity contribution in [3.63, 3.8) is 0 Å². The lowest BCUT2D eigenvalue weighted by Crippen LogP contribution is -2.48. The molecule has 35 heavy (non-hydrogen) atoms. The minimum Gasteiger partial charge on any atom is -0.372 e. The van der Waals surface area contributed by atoms with Gasteiger partial charge >= 0.3 is 0 Å². The molecule has 1 amide bonds. The van der Waals surface area contributed by atoms with Crippen molar-refractivity contribution in [1.82, 2.24) is 29.6 Å². The molecule has 1 saturated heterocycles. The third-order valence-corrected chi connectivity index (χ3v) is 7.65. The number of morpholine rings is 1. The number of aromatic nitrogens is 5. The quantitative estimate of drug-likeness (QED) is 0.327. The lowest BCUT2D eigenvalue weighted by Gasteiger charge is -2.34. The van der Waals surface area contributed by atoms with Gasteiger partial charge in [0, 0.05) is 41.4 Å². The summed E-state index contributed by atoms with van der Waals surface area (Å²) in [4.78, 5) is 23.5. The number of hydrogen-bond donors (Lipinski definition) is 0. The first-order valence-electron chi connectivity index (χ1n) is 11.1. The van der Waals surface area contributed by atoms with E-state index in [2.05, 4.69) is 20.2 Å². The molecule has 4 aromatic rings. The van der Waals surface area contributed by atoms with Crippen LogP contribution < -0.4 is 0 Å². The number of thioether (sulfide) groups is 1. The van der Waals surface area contributed by atoms with Crippen LogP contribution in [0.25, 0.3) is 17.1 Å². The predicted molar refractivity (Wildman–Crippen MR) is 137 cm³/mol. The molecule has 0 aliphatic carbocycles. The van der Waals surface area contributed by atoms with Gasteiger partial charge < -0.3 is 9.64 Å². The first-order chi connectivity index (χ1) is 17.0. The van der Waals surface area contributed by atoms with Gasteiger partial charge in [-0.2, -0.15) is 0 Å². The highest BCUT2D eigenvalue weighted by molar-refractivity contribution is 7.98. The monoisotopic (exact) mass is 526 g/mol. The fraction of sp³-hybridized carbons (Fsp3) is 0.292. The summed E-state index contributed by atoms with van der Waals surface area (Å²) in [5.74, 6) is 1.20. The van der Waals surface area contributed by atoms with E-state index in [1.165, 1.54) is 23.1 Å². The zero-order valence-electron chi connectivity index (χ0n) is 19.2. The average molecular weight is 527 g/mol. The third kappa shape index (κ3) is 5.40. The Kier molecular flexibility index (Phi) is 7.14. The number of hydrogen-bond acceptors (Lipinski definition) is 8. The zero-order chi connectivity index (χ0) is 24.4. The molecule has 4 heterocycles. The van der Waals surface area contributed by atoms with E-state index < -0.39 is 0 Å². The van der Waals surface area contributed by atoms with Crippen molar-refractivity contribution < 1.29 is 9.53 Å². The van der Waals surface area contributed by atoms with E-state index in [9.17, 15) is 4.79 Å². The molecule has 0 spiro atoms. The number of nitrogens with zero attached hydrogens (tertiary/aromatic N) is 6. The highest BCUT2D eigenvalue weighted by atomic mass is 35.5. The van der Waals surface area contributed by atoms with E-state index in [1.807, 2.05) is 65.1 Å². The van der Waals surface area contributed by atoms with Crippen LogP contribution in [0.2, 0.25) is 5.02 Å². The predicted octanol–water partition coefficient (Wildman–Crippen LogP) is 4.98. The fourth-order valence-electron chi connectivity index (χ4n) is 4.01. The molecule has 0 bridgehead atoms. The van der Waals surface area contributed by atoms with Gasteiger partial charge in [-0.25, -0.2) is 4.98 Å². The van der Waals surface area contributed by atoms with Gasteiger partial charge in [0.1, 0.15) is 10.7 Å². The first kappa shape index (κ1) is 23.9. The number of carbonyl (C=O) groups is 1. The second-order valence-corrected chi connectivity index (χ2v) is 10.6. The van der Waals surface area contributed by atoms with Gasteiger partial charge in [0.15, 0.2) is 11.0 Å². The molecule has 5 rings (SSSR count). The van der Waals surface area contributed by atoms with E-state index >= 15 is 0 Å². The van der Waals surface area contributed by atoms with Crippen molar-refractivity contribution in [2.75, 3.05) is 13.1 Å². The minimum atomic E-state index is -0.0541. The maximum absolute atomic E-state index is 13.0. The molecular formula is C24H23ClN6O2S2. The number of benzene rings is 1. The zero-order valence-corrected chi connectivity index (χ0v) is 21.6. The summed E-state index contributed by atoms with van der Waals surface area (Å²) in [5, 5.41) is 12.9. The summed E-state index contributed by atoms with van der Waals surface area (Å²) in [6.45, 7) is 5.11. The van der Waals surface area contributed by atoms with Crippen molar-refractivity contribution in [2.24, 2.45) is 0 Å². The Morgan fingerprint density at radius 3 is 2.69 bits per heavy atom. The molecule has 1 fully saturated rings. The highest BCUT2D eigenvalue weighted by Crippen LogP contribution is 2.31. The average Bonchev–Trinajstić information content (AvgIpc) is 3.49. The van der Waals surface area contributed by atoms with Crippen LogP contribution in [0.3, 0.4) is 0 Å². The van der Waals surface area contributed by atoms with Crippen molar-refractivity contribution >= 4 is 40.6 Å². The second-order valence-electron chi connectivity index (χ2n) is 8.24. The van der Waals surface area contributed by atoms with Gasteiger partial charge in [-0.3, -0.25) is 14.3 Å². The molecule has 180 valence electrons. The van der Waals surface area contributed by atoms with Gasteiger partial charge in [-0.15, -0.1) is 21.5 Å². The topological polar surface area (TPSA) is 86.0 Å². The van der Waals surface area contributed by atoms with Crippen molar-refractivity contribution in [1.29, 1.82) is 0 Å². The Hall–Kier alpha value is -2.79. The summed E-state index contributed by atoms with van der Waals surface area (Å²) in [6.07, 6.45) is 3.49. The largest absolute Gasteiger partial charge is 0.372 e. The van der Waals surface area contributed by atoms with E-state index in [4.69, 9.17) is 16.3 Å². The Bertz CT molecular complexity index is 1320. The van der Waals surface area contributed by atoms with Gasteiger partial charge in [0.2, 0.25) is 0 Å². The summed E-state index contributed by atoms with van der Waals surface area (Å²) in [7, 11) is 0. The van der Waals surface area contributed by atoms with E-state index in [0.29, 0.717) is 40.5 Å². The molecule has 8 nitrogen and oxygen atoms in total. The molecular weight excluding hydrogens is 504 g/mol. The second kappa shape index (κ2) is 10.4. The molecule has 2 atom stereocenters. The van der Waals surface area contributed by atoms with Crippen LogP contribution in [-0.2, 0) is 10.5 Å². The SMILES string of the molecule is CC1CN(C(=O)c2csc(CSc3nnc(-c4ccncc4)n3-c3cccc(Cl)c3)n2)CC(C)O1. The number of rotatable bonds is 6. The Morgan fingerprint density at radius 1 is 1.17 bits per heavy atom. The van der Waals surface area contributed by atoms with Crippen LogP contribution in [0.15, 0.2) is 59.3 Å². The first-order valence-corrected chi connectivity index (χ1v) is 13.4. The summed E-state index contributed by atoms with van der Waals surface area (Å²) in [5.41, 5.74) is 2.23. The maximum atomic E-state index is 13.0. The maximum Gasteiger partial charge on any atom is 0.273 e. The lowest BCUT2D eigenvalue weighted by atomic mass is 10.2. The lowest BCUT2D eigenvalue weighted by molar-refractivity contribution is -0.0587. The molecule has 11 heteroatoms. The molecule has 0 saturated carbocycles. The smallest absolute Gasteiger partial charge is 0.273 e. The number of pyridine rings is 1. The van der Waals surface area contributed by atoms with Crippen LogP contribution in [-0.4, -0.2) is 60.8 Å². The number of amides is 1. The molecule has 3 aromatic heterocycles. The molecule has 0 radical (unpaired) electrons. The number of ether oxygens (including phenoxy) is 1. The third-order valence-electron chi connectivity index (χ3n) is 5.44. The van der Waals surface area contributed by atoms with E-state index in [-0.39, 0.29) is 18.1 Å². The van der Waals surface area contributed by atoms with Crippen LogP contribution in [0, 0.1) is 0 Å². The van der Waals surface area contributed by atoms with Crippen LogP contribution in [0.5, 0.6) is 0 Å². The van der Waals surface area contributed by atoms with Crippen LogP contribution in [0.4, 0.5) is 0 Å². The van der Waals surface area contributed by atoms with Gasteiger partial charge in [0.25, 0.3) is 5.91 Å². The van der Waals surface area contributed by atoms with Crippen LogP contribution in [0.1, 0.15) is 29.3 Å². The molecule has 2 unspecified atom stereocenters. The van der Waals surface area contributed by atoms with Crippen molar-refractivity contribution in [3.8, 4) is 17.1 Å². The summed E-state index contributed by atoms with van der Waals surface area (Å²) in [6, 6.07) is 11.4. The minimum absolute atomic E-state index is 0.0174. The fourth-order valence-corrected chi connectivity index (χ4v) is 5.93. The molecule has 1 aliphatic rings. The van der Waals surface area contributed by atoms with E-state index in [0.717, 1.165) is 16.3 Å². The molecule has 1 aliphatic heterocycles. The van der Waals surface area contributed by atoms with E-state index in [1.54, 1.807) is 12.4 Å². The number of thiazole rings is 1. The van der Waals surface area contributed by atoms with Crippen LogP contribution >= 0.6 is 34.7 Å². The van der Waals surface area contributed by atoms with Gasteiger partial charge in [0.05, 0.1) is 23.6 Å². The highest BCUT2D eigenvalue weighted by Gasteiger charge is 2.28. The normalized spacial score (nSPS) is 18.1.